The Morgan fingerprint density at radius 2 is 0.987 bits per heavy atom. The van der Waals surface area contributed by atoms with Crippen LogP contribution in [-0.4, -0.2) is 103 Å². The Morgan fingerprint density at radius 1 is 0.573 bits per heavy atom. The maximum Gasteiger partial charge on any atom is 0.410 e. The highest BCUT2D eigenvalue weighted by Crippen LogP contribution is 2.40. The second kappa shape index (κ2) is 25.0. The summed E-state index contributed by atoms with van der Waals surface area (Å²) >= 11 is 0. The van der Waals surface area contributed by atoms with Crippen molar-refractivity contribution in [2.24, 2.45) is 0 Å². The number of ketones is 1. The Kier molecular flexibility index (Phi) is 17.6. The third-order valence-corrected chi connectivity index (χ3v) is 13.4. The second-order valence-electron chi connectivity index (χ2n) is 18.2. The molecule has 75 heavy (non-hydrogen) atoms. The van der Waals surface area contributed by atoms with Crippen molar-refractivity contribution in [3.63, 3.8) is 0 Å². The summed E-state index contributed by atoms with van der Waals surface area (Å²) in [5.41, 5.74) is 4.01. The highest BCUT2D eigenvalue weighted by Gasteiger charge is 2.40. The van der Waals surface area contributed by atoms with Crippen molar-refractivity contribution in [3.05, 3.63) is 191 Å². The molecular formula is C55H53F4N9O7. The Bertz CT molecular complexity index is 2940. The number of aromatic nitrogens is 6. The van der Waals surface area contributed by atoms with Crippen LogP contribution in [0.2, 0.25) is 0 Å². The summed E-state index contributed by atoms with van der Waals surface area (Å²) in [5.74, 6) is -1.75. The number of carbonyl (C=O) groups is 4. The smallest absolute Gasteiger partial charge is 0.410 e. The summed E-state index contributed by atoms with van der Waals surface area (Å²) in [5, 5.41) is 8.88. The summed E-state index contributed by atoms with van der Waals surface area (Å²) in [6, 6.07) is 39.2. The van der Waals surface area contributed by atoms with E-state index in [0.717, 1.165) is 22.3 Å². The molecule has 0 unspecified atom stereocenters. The zero-order valence-corrected chi connectivity index (χ0v) is 40.7. The number of nitrogens with one attached hydrogen (secondary N) is 1. The van der Waals surface area contributed by atoms with E-state index in [4.69, 9.17) is 13.9 Å². The number of hydrogen-bond donors (Lipinski definition) is 1. The molecule has 1 N–H and O–H groups in total. The van der Waals surface area contributed by atoms with Gasteiger partial charge >= 0.3 is 25.0 Å². The van der Waals surface area contributed by atoms with Gasteiger partial charge in [0, 0.05) is 74.6 Å². The molecule has 2 fully saturated rings. The van der Waals surface area contributed by atoms with Crippen molar-refractivity contribution in [2.75, 3.05) is 32.7 Å². The maximum absolute atomic E-state index is 12.8. The molecule has 16 nitrogen and oxygen atoms in total. The number of Topliss-reactive ketones (excluding diaryl/α,β-unsaturated/α-hetero) is 1. The van der Waals surface area contributed by atoms with Crippen LogP contribution in [0.25, 0.3) is 11.5 Å². The van der Waals surface area contributed by atoms with Crippen LogP contribution in [0.5, 0.6) is 0 Å². The number of amides is 3. The molecule has 5 heterocycles. The number of piperidine rings is 2. The molecule has 2 aliphatic rings. The first-order chi connectivity index (χ1) is 36.4. The van der Waals surface area contributed by atoms with E-state index in [-0.39, 0.29) is 47.7 Å². The van der Waals surface area contributed by atoms with E-state index < -0.39 is 37.0 Å². The number of likely N-dealkylation sites (tertiary alicyclic amines) is 2. The lowest BCUT2D eigenvalue weighted by Crippen LogP contribution is -2.46. The predicted molar refractivity (Wildman–Crippen MR) is 264 cm³/mol. The fourth-order valence-electron chi connectivity index (χ4n) is 9.11. The fourth-order valence-corrected chi connectivity index (χ4v) is 9.11. The molecule has 20 heteroatoms. The summed E-state index contributed by atoms with van der Waals surface area (Å²) in [6.07, 6.45) is 2.78. The molecule has 2 saturated heterocycles. The largest absolute Gasteiger partial charge is 0.445 e. The quantitative estimate of drug-likeness (QED) is 0.0711. The SMILES string of the molecule is O=C(CNC(=O)C(F)F)c1cnc(CC2(c3ccccc3)CCN(C(=O)OCc3ccccc3)CC2)nc1.O=C(OCc1ccccc1)N1CCC(Cc2ncc(-c3nnc(C(F)F)o3)cn2)(c2ccccc2)CC1. The van der Waals surface area contributed by atoms with Gasteiger partial charge in [-0.05, 0) is 47.9 Å². The zero-order valence-electron chi connectivity index (χ0n) is 40.7. The normalized spacial score (nSPS) is 14.9. The van der Waals surface area contributed by atoms with Gasteiger partial charge in [-0.2, -0.15) is 17.6 Å². The third-order valence-electron chi connectivity index (χ3n) is 13.4. The first kappa shape index (κ1) is 52.9. The number of ether oxygens (including phenoxy) is 2. The van der Waals surface area contributed by atoms with Gasteiger partial charge in [0.2, 0.25) is 0 Å². The molecule has 2 aliphatic heterocycles. The van der Waals surface area contributed by atoms with Gasteiger partial charge in [-0.3, -0.25) is 9.59 Å². The van der Waals surface area contributed by atoms with Gasteiger partial charge in [0.25, 0.3) is 17.7 Å². The summed E-state index contributed by atoms with van der Waals surface area (Å²) in [6.45, 7) is 1.98. The molecule has 3 aromatic heterocycles. The minimum absolute atomic E-state index is 0.0538. The van der Waals surface area contributed by atoms with Crippen LogP contribution in [0.3, 0.4) is 0 Å². The van der Waals surface area contributed by atoms with Crippen LogP contribution >= 0.6 is 0 Å². The van der Waals surface area contributed by atoms with Crippen LogP contribution in [0.15, 0.2) is 151 Å². The van der Waals surface area contributed by atoms with Crippen molar-refractivity contribution < 1.29 is 50.6 Å². The van der Waals surface area contributed by atoms with Crippen molar-refractivity contribution >= 4 is 23.9 Å². The minimum Gasteiger partial charge on any atom is -0.445 e. The molecule has 388 valence electrons. The number of nitrogens with zero attached hydrogens (tertiary/aromatic N) is 8. The average molecular weight is 1030 g/mol. The summed E-state index contributed by atoms with van der Waals surface area (Å²) < 4.78 is 66.2. The number of rotatable bonds is 16. The van der Waals surface area contributed by atoms with Crippen LogP contribution in [0.4, 0.5) is 27.2 Å². The highest BCUT2D eigenvalue weighted by molar-refractivity contribution is 5.99. The van der Waals surface area contributed by atoms with Crippen molar-refractivity contribution in [1.82, 2.24) is 45.2 Å². The second-order valence-corrected chi connectivity index (χ2v) is 18.2. The number of hydrogen-bond acceptors (Lipinski definition) is 13. The van der Waals surface area contributed by atoms with Crippen molar-refractivity contribution in [3.8, 4) is 11.5 Å². The van der Waals surface area contributed by atoms with E-state index in [9.17, 15) is 36.7 Å². The molecule has 0 bridgehead atoms. The summed E-state index contributed by atoms with van der Waals surface area (Å²) in [4.78, 5) is 69.7. The van der Waals surface area contributed by atoms with Crippen molar-refractivity contribution in [1.29, 1.82) is 0 Å². The Labute approximate surface area is 429 Å². The van der Waals surface area contributed by atoms with E-state index in [1.54, 1.807) is 9.80 Å². The standard InChI is InChI=1S/C28H28F2N4O4.C27H25F2N5O3/c29-25(30)26(36)33-18-23(35)21-16-31-24(32-17-21)15-28(22-9-5-2-6-10-22)11-13-34(14-12-28)27(37)38-19-20-7-3-1-4-8-20;28-23(29)25-33-32-24(37-25)20-16-30-22(31-17-20)15-27(21-9-5-2-6-10-21)11-13-34(14-12-27)26(35)36-18-19-7-3-1-4-8-19/h1-10,16-17,25H,11-15,18-19H2,(H,33,36);1-10,16-17,23H,11-15,18H2. The topological polar surface area (TPSA) is 196 Å². The lowest BCUT2D eigenvalue weighted by molar-refractivity contribution is -0.131. The number of halogens is 4. The number of alkyl halides is 4. The monoisotopic (exact) mass is 1030 g/mol. The molecular weight excluding hydrogens is 975 g/mol. The van der Waals surface area contributed by atoms with E-state index in [0.29, 0.717) is 81.9 Å². The molecule has 0 aliphatic carbocycles. The minimum atomic E-state index is -3.19. The van der Waals surface area contributed by atoms with Crippen LogP contribution < -0.4 is 5.32 Å². The molecule has 3 amide bonds. The van der Waals surface area contributed by atoms with Gasteiger partial charge in [-0.1, -0.05) is 121 Å². The Balaban J connectivity index is 0.000000199. The zero-order chi connectivity index (χ0) is 52.6. The van der Waals surface area contributed by atoms with E-state index in [2.05, 4.69) is 42.3 Å². The fraction of sp³-hybridized carbons (Fsp3) is 0.309. The van der Waals surface area contributed by atoms with Gasteiger partial charge in [0.05, 0.1) is 17.7 Å². The van der Waals surface area contributed by atoms with Crippen LogP contribution in [-0.2, 0) is 51.2 Å². The van der Waals surface area contributed by atoms with Crippen molar-refractivity contribution in [2.45, 2.75) is 75.4 Å². The molecule has 0 atom stereocenters. The first-order valence-electron chi connectivity index (χ1n) is 24.2. The Morgan fingerprint density at radius 3 is 1.39 bits per heavy atom. The number of carbonyl (C=O) groups excluding carboxylic acids is 4. The third kappa shape index (κ3) is 14.0. The summed E-state index contributed by atoms with van der Waals surface area (Å²) in [7, 11) is 0. The molecule has 0 radical (unpaired) electrons. The van der Waals surface area contributed by atoms with E-state index in [1.807, 2.05) is 115 Å². The molecule has 4 aromatic carbocycles. The van der Waals surface area contributed by atoms with Gasteiger partial charge in [-0.15, -0.1) is 10.2 Å². The lowest BCUT2D eigenvalue weighted by Gasteiger charge is -2.41. The average Bonchev–Trinajstić information content (AvgIpc) is 3.96. The highest BCUT2D eigenvalue weighted by atomic mass is 19.3. The molecule has 7 aromatic rings. The van der Waals surface area contributed by atoms with E-state index in [1.165, 1.54) is 24.8 Å². The van der Waals surface area contributed by atoms with Gasteiger partial charge in [0.15, 0.2) is 5.78 Å². The maximum atomic E-state index is 12.8. The Hall–Kier alpha value is -8.42. The lowest BCUT2D eigenvalue weighted by atomic mass is 9.70. The van der Waals surface area contributed by atoms with Gasteiger partial charge in [0.1, 0.15) is 24.9 Å². The molecule has 0 spiro atoms. The van der Waals surface area contributed by atoms with E-state index >= 15 is 0 Å². The van der Waals surface area contributed by atoms with Gasteiger partial charge in [-0.25, -0.2) is 29.5 Å². The predicted octanol–water partition coefficient (Wildman–Crippen LogP) is 9.33. The molecule has 0 saturated carbocycles. The van der Waals surface area contributed by atoms with Gasteiger partial charge < -0.3 is 29.0 Å². The first-order valence-corrected chi connectivity index (χ1v) is 24.2. The number of benzene rings is 4. The molecule has 9 rings (SSSR count). The van der Waals surface area contributed by atoms with Crippen LogP contribution in [0, 0.1) is 0 Å². The van der Waals surface area contributed by atoms with Crippen LogP contribution in [0.1, 0.15) is 82.3 Å².